The van der Waals surface area contributed by atoms with E-state index in [9.17, 15) is 9.18 Å². The van der Waals surface area contributed by atoms with Crippen LogP contribution < -0.4 is 0 Å². The molecule has 6 heteroatoms. The van der Waals surface area contributed by atoms with E-state index in [1.54, 1.807) is 0 Å². The van der Waals surface area contributed by atoms with E-state index in [0.717, 1.165) is 0 Å². The summed E-state index contributed by atoms with van der Waals surface area (Å²) >= 11 is 4.20. The van der Waals surface area contributed by atoms with Gasteiger partial charge in [-0.3, -0.25) is 9.80 Å². The van der Waals surface area contributed by atoms with Gasteiger partial charge < -0.3 is 4.90 Å². The Morgan fingerprint density at radius 2 is 2.00 bits per heavy atom. The summed E-state index contributed by atoms with van der Waals surface area (Å²) in [5.41, 5.74) is -0.902. The molecule has 0 saturated carbocycles. The van der Waals surface area contributed by atoms with Gasteiger partial charge in [-0.15, -0.1) is 17.7 Å². The SMILES string of the molecule is CN1C(=O)C(F)=NN(C(C)(C)C)C1S. The number of carbonyl (C=O) groups excluding carboxylic acids is 1. The Morgan fingerprint density at radius 3 is 2.43 bits per heavy atom. The first-order valence-electron chi connectivity index (χ1n) is 4.24. The van der Waals surface area contributed by atoms with E-state index in [1.807, 2.05) is 20.8 Å². The number of hydrogen-bond acceptors (Lipinski definition) is 4. The number of rotatable bonds is 0. The lowest BCUT2D eigenvalue weighted by Gasteiger charge is -2.42. The van der Waals surface area contributed by atoms with Crippen molar-refractivity contribution in [2.45, 2.75) is 31.8 Å². The zero-order chi connectivity index (χ0) is 11.1. The number of halogens is 1. The molecule has 0 saturated heterocycles. The summed E-state index contributed by atoms with van der Waals surface area (Å²) in [6.07, 6.45) is 0. The molecule has 1 rings (SSSR count). The Kier molecular flexibility index (Phi) is 2.76. The van der Waals surface area contributed by atoms with Gasteiger partial charge >= 0.3 is 5.91 Å². The number of amides is 1. The third kappa shape index (κ3) is 1.84. The molecule has 14 heavy (non-hydrogen) atoms. The maximum atomic E-state index is 13.1. The van der Waals surface area contributed by atoms with Gasteiger partial charge in [0.2, 0.25) is 0 Å². The average molecular weight is 219 g/mol. The predicted molar refractivity (Wildman–Crippen MR) is 55.7 cm³/mol. The molecule has 0 radical (unpaired) electrons. The van der Waals surface area contributed by atoms with Gasteiger partial charge in [0.1, 0.15) is 0 Å². The molecule has 0 aromatic heterocycles. The Hall–Kier alpha value is -0.780. The molecule has 0 bridgehead atoms. The first-order chi connectivity index (χ1) is 6.25. The zero-order valence-corrected chi connectivity index (χ0v) is 9.55. The summed E-state index contributed by atoms with van der Waals surface area (Å²) in [6, 6.07) is 0. The van der Waals surface area contributed by atoms with E-state index in [2.05, 4.69) is 17.7 Å². The van der Waals surface area contributed by atoms with Crippen molar-refractivity contribution in [1.82, 2.24) is 9.91 Å². The summed E-state index contributed by atoms with van der Waals surface area (Å²) in [7, 11) is 1.49. The number of nitrogens with zero attached hydrogens (tertiary/aromatic N) is 3. The molecule has 1 aliphatic heterocycles. The molecule has 1 unspecified atom stereocenters. The fourth-order valence-electron chi connectivity index (χ4n) is 1.10. The minimum atomic E-state index is -0.993. The first kappa shape index (κ1) is 11.3. The van der Waals surface area contributed by atoms with E-state index < -0.39 is 17.4 Å². The topological polar surface area (TPSA) is 35.9 Å². The molecule has 1 amide bonds. The third-order valence-electron chi connectivity index (χ3n) is 1.94. The summed E-state index contributed by atoms with van der Waals surface area (Å²) in [4.78, 5) is 12.4. The highest BCUT2D eigenvalue weighted by molar-refractivity contribution is 7.80. The van der Waals surface area contributed by atoms with Gasteiger partial charge in [-0.2, -0.15) is 4.39 Å². The molecule has 0 fully saturated rings. The maximum absolute atomic E-state index is 13.1. The monoisotopic (exact) mass is 219 g/mol. The first-order valence-corrected chi connectivity index (χ1v) is 4.75. The lowest BCUT2D eigenvalue weighted by molar-refractivity contribution is -0.130. The molecule has 0 spiro atoms. The van der Waals surface area contributed by atoms with Crippen LogP contribution in [0.1, 0.15) is 20.8 Å². The Morgan fingerprint density at radius 1 is 1.50 bits per heavy atom. The third-order valence-corrected chi connectivity index (χ3v) is 2.51. The van der Waals surface area contributed by atoms with Crippen LogP contribution in [-0.4, -0.2) is 39.9 Å². The molecule has 0 aromatic carbocycles. The Labute approximate surface area is 88.2 Å². The summed E-state index contributed by atoms with van der Waals surface area (Å²) in [5, 5.41) is 5.03. The average Bonchev–Trinajstić information content (AvgIpc) is 2.06. The van der Waals surface area contributed by atoms with Crippen LogP contribution in [0.2, 0.25) is 0 Å². The van der Waals surface area contributed by atoms with Gasteiger partial charge in [0, 0.05) is 7.05 Å². The van der Waals surface area contributed by atoms with E-state index in [-0.39, 0.29) is 5.54 Å². The summed E-state index contributed by atoms with van der Waals surface area (Å²) < 4.78 is 13.1. The van der Waals surface area contributed by atoms with Crippen LogP contribution in [-0.2, 0) is 4.79 Å². The second-order valence-electron chi connectivity index (χ2n) is 4.17. The fraction of sp³-hybridized carbons (Fsp3) is 0.750. The lowest BCUT2D eigenvalue weighted by atomic mass is 10.1. The summed E-state index contributed by atoms with van der Waals surface area (Å²) in [5.74, 6) is -1.72. The van der Waals surface area contributed by atoms with Gasteiger partial charge in [-0.1, -0.05) is 0 Å². The van der Waals surface area contributed by atoms with Crippen LogP contribution in [0.5, 0.6) is 0 Å². The van der Waals surface area contributed by atoms with E-state index in [4.69, 9.17) is 0 Å². The van der Waals surface area contributed by atoms with Crippen LogP contribution in [0.25, 0.3) is 0 Å². The van der Waals surface area contributed by atoms with Crippen molar-refractivity contribution in [2.24, 2.45) is 5.10 Å². The largest absolute Gasteiger partial charge is 0.308 e. The van der Waals surface area contributed by atoms with Crippen LogP contribution >= 0.6 is 12.6 Å². The molecule has 0 aromatic rings. The molecule has 1 atom stereocenters. The van der Waals surface area contributed by atoms with E-state index in [1.165, 1.54) is 17.0 Å². The van der Waals surface area contributed by atoms with Crippen molar-refractivity contribution in [3.05, 3.63) is 0 Å². The maximum Gasteiger partial charge on any atom is 0.305 e. The highest BCUT2D eigenvalue weighted by atomic mass is 32.1. The molecule has 0 N–H and O–H groups in total. The van der Waals surface area contributed by atoms with Gasteiger partial charge in [-0.05, 0) is 20.8 Å². The van der Waals surface area contributed by atoms with Gasteiger partial charge in [-0.25, -0.2) is 0 Å². The highest BCUT2D eigenvalue weighted by Crippen LogP contribution is 2.25. The Balaban J connectivity index is 3.05. The summed E-state index contributed by atoms with van der Waals surface area (Å²) in [6.45, 7) is 5.61. The normalized spacial score (nSPS) is 24.0. The molecule has 4 nitrogen and oxygen atoms in total. The lowest BCUT2D eigenvalue weighted by Crippen LogP contribution is -2.56. The van der Waals surface area contributed by atoms with Gasteiger partial charge in [0.15, 0.2) is 5.50 Å². The molecule has 1 aliphatic rings. The minimum Gasteiger partial charge on any atom is -0.308 e. The number of hydrazone groups is 1. The molecule has 0 aliphatic carbocycles. The molecule has 80 valence electrons. The molecular formula is C8H14FN3OS. The van der Waals surface area contributed by atoms with Crippen molar-refractivity contribution in [1.29, 1.82) is 0 Å². The minimum absolute atomic E-state index is 0.376. The van der Waals surface area contributed by atoms with Crippen molar-refractivity contribution >= 4 is 24.5 Å². The van der Waals surface area contributed by atoms with Crippen LogP contribution in [0.15, 0.2) is 5.10 Å². The number of hydrogen-bond donors (Lipinski definition) is 1. The van der Waals surface area contributed by atoms with Crippen molar-refractivity contribution in [2.75, 3.05) is 7.05 Å². The number of thiol groups is 1. The number of carbonyl (C=O) groups is 1. The van der Waals surface area contributed by atoms with E-state index >= 15 is 0 Å². The van der Waals surface area contributed by atoms with Gasteiger partial charge in [0.05, 0.1) is 5.54 Å². The predicted octanol–water partition coefficient (Wildman–Crippen LogP) is 1.06. The van der Waals surface area contributed by atoms with E-state index in [0.29, 0.717) is 0 Å². The second kappa shape index (κ2) is 3.42. The zero-order valence-electron chi connectivity index (χ0n) is 8.65. The van der Waals surface area contributed by atoms with Gasteiger partial charge in [0.25, 0.3) is 5.97 Å². The second-order valence-corrected chi connectivity index (χ2v) is 4.63. The highest BCUT2D eigenvalue weighted by Gasteiger charge is 2.37. The molecule has 1 heterocycles. The van der Waals surface area contributed by atoms with Crippen molar-refractivity contribution in [3.63, 3.8) is 0 Å². The van der Waals surface area contributed by atoms with Crippen LogP contribution in [0.4, 0.5) is 4.39 Å². The fourth-order valence-corrected chi connectivity index (χ4v) is 1.60. The molecular weight excluding hydrogens is 205 g/mol. The van der Waals surface area contributed by atoms with Crippen molar-refractivity contribution in [3.8, 4) is 0 Å². The smallest absolute Gasteiger partial charge is 0.305 e. The van der Waals surface area contributed by atoms with Crippen LogP contribution in [0.3, 0.4) is 0 Å². The Bertz CT molecular complexity index is 287. The standard InChI is InChI=1S/C8H14FN3OS/c1-8(2,3)12-7(14)11(4)6(13)5(9)10-12/h7,14H,1-4H3. The quantitative estimate of drug-likeness (QED) is 0.618. The van der Waals surface area contributed by atoms with Crippen molar-refractivity contribution < 1.29 is 9.18 Å². The van der Waals surface area contributed by atoms with Crippen LogP contribution in [0, 0.1) is 0 Å².